The smallest absolute Gasteiger partial charge is 0.279 e. The van der Waals surface area contributed by atoms with E-state index in [0.717, 1.165) is 29.5 Å². The first-order valence-electron chi connectivity index (χ1n) is 8.91. The molecule has 0 aliphatic heterocycles. The first kappa shape index (κ1) is 18.3. The number of carboxylic acids is 1. The van der Waals surface area contributed by atoms with Crippen molar-refractivity contribution in [3.63, 3.8) is 0 Å². The van der Waals surface area contributed by atoms with Gasteiger partial charge in [-0.1, -0.05) is 24.3 Å². The largest absolute Gasteiger partial charge is 0.545 e. The number of hydrogen-bond acceptors (Lipinski definition) is 7. The second-order valence-corrected chi connectivity index (χ2v) is 8.08. The van der Waals surface area contributed by atoms with Crippen molar-refractivity contribution in [3.05, 3.63) is 50.6 Å². The number of thiophene rings is 1. The number of aromatic carboxylic acids is 1. The van der Waals surface area contributed by atoms with E-state index in [1.54, 1.807) is 0 Å². The molecular weight excluding hydrogens is 380 g/mol. The number of hydrogen-bond donors (Lipinski definition) is 1. The number of carboxylic acid groups (broad SMARTS) is 1. The number of carbonyl (C=O) groups excluding carboxylic acids is 2. The zero-order valence-corrected chi connectivity index (χ0v) is 15.9. The van der Waals surface area contributed by atoms with E-state index in [-0.39, 0.29) is 17.7 Å². The summed E-state index contributed by atoms with van der Waals surface area (Å²) in [7, 11) is 0. The van der Waals surface area contributed by atoms with Crippen molar-refractivity contribution in [3.8, 4) is 0 Å². The normalized spacial score (nSPS) is 16.0. The van der Waals surface area contributed by atoms with Crippen LogP contribution in [0.1, 0.15) is 34.1 Å². The number of carbonyl (C=O) groups is 2. The van der Waals surface area contributed by atoms with Crippen LogP contribution in [0, 0.1) is 5.92 Å². The molecule has 0 spiro atoms. The summed E-state index contributed by atoms with van der Waals surface area (Å²) in [4.78, 5) is 37.7. The van der Waals surface area contributed by atoms with Crippen LogP contribution >= 0.6 is 11.3 Å². The van der Waals surface area contributed by atoms with Crippen LogP contribution in [0.25, 0.3) is 10.2 Å². The molecule has 1 amide bonds. The van der Waals surface area contributed by atoms with Gasteiger partial charge in [0.05, 0.1) is 11.4 Å². The standard InChI is InChI=1S/C19H18N4O4S/c1-10-2-7-13-14(8-10)28-17-16(13)18(25)23(22-21-17)9-15(24)20-12-5-3-11(4-6-12)19(26)27/h3-6,10H,2,7-9H2,1H3,(H,20,24)(H,26,27)/p-1. The lowest BCUT2D eigenvalue weighted by Gasteiger charge is -2.17. The molecule has 0 bridgehead atoms. The monoisotopic (exact) mass is 397 g/mol. The van der Waals surface area contributed by atoms with Crippen molar-refractivity contribution in [1.82, 2.24) is 15.0 Å². The van der Waals surface area contributed by atoms with Crippen molar-refractivity contribution < 1.29 is 14.7 Å². The third kappa shape index (κ3) is 3.40. The van der Waals surface area contributed by atoms with E-state index >= 15 is 0 Å². The molecular formula is C19H17N4O4S-. The van der Waals surface area contributed by atoms with Crippen LogP contribution in [-0.2, 0) is 24.2 Å². The first-order valence-corrected chi connectivity index (χ1v) is 9.73. The molecule has 1 N–H and O–H groups in total. The van der Waals surface area contributed by atoms with Crippen molar-refractivity contribution in [2.24, 2.45) is 5.92 Å². The number of anilines is 1. The number of aromatic nitrogens is 3. The summed E-state index contributed by atoms with van der Waals surface area (Å²) in [5.41, 5.74) is 1.17. The maximum atomic E-state index is 12.9. The molecule has 9 heteroatoms. The summed E-state index contributed by atoms with van der Waals surface area (Å²) in [5.74, 6) is -1.15. The molecule has 1 aliphatic carbocycles. The van der Waals surface area contributed by atoms with Crippen molar-refractivity contribution in [1.29, 1.82) is 0 Å². The van der Waals surface area contributed by atoms with Gasteiger partial charge in [-0.25, -0.2) is 4.68 Å². The van der Waals surface area contributed by atoms with E-state index in [0.29, 0.717) is 21.8 Å². The molecule has 0 saturated carbocycles. The molecule has 0 saturated heterocycles. The van der Waals surface area contributed by atoms with Gasteiger partial charge in [-0.3, -0.25) is 9.59 Å². The van der Waals surface area contributed by atoms with Gasteiger partial charge in [-0.2, -0.15) is 0 Å². The molecule has 3 aromatic rings. The average Bonchev–Trinajstić information content (AvgIpc) is 3.02. The van der Waals surface area contributed by atoms with Gasteiger partial charge in [0.15, 0.2) is 4.83 Å². The van der Waals surface area contributed by atoms with Crippen molar-refractivity contribution >= 4 is 39.1 Å². The Morgan fingerprint density at radius 3 is 2.79 bits per heavy atom. The molecule has 2 aromatic heterocycles. The number of rotatable bonds is 4. The maximum Gasteiger partial charge on any atom is 0.279 e. The van der Waals surface area contributed by atoms with Crippen molar-refractivity contribution in [2.75, 3.05) is 5.32 Å². The van der Waals surface area contributed by atoms with E-state index in [2.05, 4.69) is 22.6 Å². The summed E-state index contributed by atoms with van der Waals surface area (Å²) in [5, 5.41) is 22.0. The van der Waals surface area contributed by atoms with Crippen LogP contribution in [0.5, 0.6) is 0 Å². The zero-order chi connectivity index (χ0) is 19.8. The van der Waals surface area contributed by atoms with Gasteiger partial charge < -0.3 is 15.2 Å². The van der Waals surface area contributed by atoms with E-state index in [1.165, 1.54) is 40.5 Å². The third-order valence-corrected chi connectivity index (χ3v) is 6.02. The van der Waals surface area contributed by atoms with Crippen molar-refractivity contribution in [2.45, 2.75) is 32.7 Å². The number of nitrogens with zero attached hydrogens (tertiary/aromatic N) is 3. The lowest BCUT2D eigenvalue weighted by atomic mass is 9.89. The van der Waals surface area contributed by atoms with Crippen LogP contribution in [0.3, 0.4) is 0 Å². The van der Waals surface area contributed by atoms with E-state index in [1.807, 2.05) is 0 Å². The second-order valence-electron chi connectivity index (χ2n) is 7.00. The molecule has 0 fully saturated rings. The summed E-state index contributed by atoms with van der Waals surface area (Å²) in [6.07, 6.45) is 2.81. The highest BCUT2D eigenvalue weighted by Gasteiger charge is 2.24. The molecule has 144 valence electrons. The summed E-state index contributed by atoms with van der Waals surface area (Å²) in [6, 6.07) is 5.58. The Bertz CT molecular complexity index is 1130. The molecule has 2 heterocycles. The van der Waals surface area contributed by atoms with Gasteiger partial charge in [0.1, 0.15) is 6.54 Å². The van der Waals surface area contributed by atoms with Gasteiger partial charge in [0.2, 0.25) is 5.91 Å². The maximum absolute atomic E-state index is 12.9. The lowest BCUT2D eigenvalue weighted by molar-refractivity contribution is -0.255. The molecule has 4 rings (SSSR count). The summed E-state index contributed by atoms with van der Waals surface area (Å²) < 4.78 is 1.07. The Kier molecular flexibility index (Phi) is 4.68. The highest BCUT2D eigenvalue weighted by Crippen LogP contribution is 2.35. The third-order valence-electron chi connectivity index (χ3n) is 4.88. The fourth-order valence-electron chi connectivity index (χ4n) is 3.42. The molecule has 1 unspecified atom stereocenters. The minimum absolute atomic E-state index is 0.0158. The lowest BCUT2D eigenvalue weighted by Crippen LogP contribution is -2.30. The Hall–Kier alpha value is -3.07. The molecule has 8 nitrogen and oxygen atoms in total. The highest BCUT2D eigenvalue weighted by molar-refractivity contribution is 7.18. The van der Waals surface area contributed by atoms with Gasteiger partial charge in [-0.15, -0.1) is 16.4 Å². The molecule has 1 aromatic carbocycles. The molecule has 1 atom stereocenters. The minimum atomic E-state index is -1.29. The van der Waals surface area contributed by atoms with Crippen LogP contribution in [-0.4, -0.2) is 26.9 Å². The predicted octanol–water partition coefficient (Wildman–Crippen LogP) is 0.980. The number of nitrogens with one attached hydrogen (secondary N) is 1. The fourth-order valence-corrected chi connectivity index (χ4v) is 4.74. The Morgan fingerprint density at radius 2 is 2.07 bits per heavy atom. The number of benzene rings is 1. The molecule has 28 heavy (non-hydrogen) atoms. The van der Waals surface area contributed by atoms with Gasteiger partial charge in [0.25, 0.3) is 5.56 Å². The van der Waals surface area contributed by atoms with E-state index in [4.69, 9.17) is 0 Å². The Morgan fingerprint density at radius 1 is 1.32 bits per heavy atom. The summed E-state index contributed by atoms with van der Waals surface area (Å²) in [6.45, 7) is 1.92. The van der Waals surface area contributed by atoms with Crippen LogP contribution in [0.4, 0.5) is 5.69 Å². The first-order chi connectivity index (χ1) is 13.4. The quantitative estimate of drug-likeness (QED) is 0.701. The van der Waals surface area contributed by atoms with Crippen LogP contribution in [0.2, 0.25) is 0 Å². The zero-order valence-electron chi connectivity index (χ0n) is 15.1. The second kappa shape index (κ2) is 7.16. The van der Waals surface area contributed by atoms with Gasteiger partial charge >= 0.3 is 0 Å². The number of aryl methyl sites for hydroxylation is 1. The topological polar surface area (TPSA) is 117 Å². The van der Waals surface area contributed by atoms with Crippen LogP contribution < -0.4 is 16.0 Å². The number of amides is 1. The Balaban J connectivity index is 1.56. The Labute approximate surface area is 163 Å². The fraction of sp³-hybridized carbons (Fsp3) is 0.316. The molecule has 0 radical (unpaired) electrons. The van der Waals surface area contributed by atoms with Gasteiger partial charge in [-0.05, 0) is 48.4 Å². The SMILES string of the molecule is CC1CCc2c(sc3nnn(CC(=O)Nc4ccc(C(=O)[O-])cc4)c(=O)c23)C1. The van der Waals surface area contributed by atoms with E-state index < -0.39 is 11.9 Å². The summed E-state index contributed by atoms with van der Waals surface area (Å²) >= 11 is 1.51. The predicted molar refractivity (Wildman–Crippen MR) is 102 cm³/mol. The average molecular weight is 397 g/mol. The molecule has 1 aliphatic rings. The minimum Gasteiger partial charge on any atom is -0.545 e. The number of fused-ring (bicyclic) bond motifs is 3. The van der Waals surface area contributed by atoms with Crippen LogP contribution in [0.15, 0.2) is 29.1 Å². The van der Waals surface area contributed by atoms with Gasteiger partial charge in [0, 0.05) is 10.6 Å². The highest BCUT2D eigenvalue weighted by atomic mass is 32.1. The van der Waals surface area contributed by atoms with E-state index in [9.17, 15) is 19.5 Å².